The second kappa shape index (κ2) is 5.48. The van der Waals surface area contributed by atoms with Crippen LogP contribution in [0.5, 0.6) is 0 Å². The van der Waals surface area contributed by atoms with E-state index < -0.39 is 0 Å². The summed E-state index contributed by atoms with van der Waals surface area (Å²) in [6.45, 7) is 0.625. The predicted molar refractivity (Wildman–Crippen MR) is 79.1 cm³/mol. The smallest absolute Gasteiger partial charge is 0.157 e. The normalized spacial score (nSPS) is 20.7. The van der Waals surface area contributed by atoms with E-state index in [1.165, 1.54) is 5.56 Å². The maximum atomic E-state index is 4.59. The minimum atomic E-state index is 0.367. The molecule has 0 aliphatic carbocycles. The Morgan fingerprint density at radius 1 is 1.42 bits per heavy atom. The zero-order chi connectivity index (χ0) is 13.1. The van der Waals surface area contributed by atoms with Gasteiger partial charge in [0.25, 0.3) is 0 Å². The van der Waals surface area contributed by atoms with Crippen molar-refractivity contribution >= 4 is 16.9 Å². The Hall–Kier alpha value is -1.75. The topological polar surface area (TPSA) is 42.2 Å². The molecule has 2 aromatic rings. The van der Waals surface area contributed by atoms with Gasteiger partial charge < -0.3 is 9.88 Å². The van der Waals surface area contributed by atoms with Crippen LogP contribution in [0.15, 0.2) is 47.7 Å². The monoisotopic (exact) mass is 272 g/mol. The van der Waals surface area contributed by atoms with E-state index in [-0.39, 0.29) is 0 Å². The van der Waals surface area contributed by atoms with Crippen LogP contribution < -0.4 is 5.32 Å². The molecule has 98 valence electrons. The Balaban J connectivity index is 1.64. The number of hydrogen-bond donors (Lipinski definition) is 1. The number of hydrogen-bond acceptors (Lipinski definition) is 3. The van der Waals surface area contributed by atoms with Crippen LogP contribution in [-0.2, 0) is 13.6 Å². The first-order valence-electron chi connectivity index (χ1n) is 6.28. The molecule has 1 aromatic heterocycles. The number of aromatic nitrogens is 2. The largest absolute Gasteiger partial charge is 0.357 e. The van der Waals surface area contributed by atoms with E-state index in [2.05, 4.69) is 39.6 Å². The maximum Gasteiger partial charge on any atom is 0.157 e. The van der Waals surface area contributed by atoms with E-state index >= 15 is 0 Å². The lowest BCUT2D eigenvalue weighted by atomic mass is 10.1. The Labute approximate surface area is 117 Å². The zero-order valence-electron chi connectivity index (χ0n) is 10.8. The molecular weight excluding hydrogens is 256 g/mol. The molecule has 1 atom stereocenters. The van der Waals surface area contributed by atoms with Crippen LogP contribution in [0.1, 0.15) is 17.4 Å². The number of aliphatic imine (C=N–C) groups is 1. The molecule has 2 heterocycles. The highest BCUT2D eigenvalue weighted by molar-refractivity contribution is 8.14. The van der Waals surface area contributed by atoms with Gasteiger partial charge in [0, 0.05) is 25.2 Å². The van der Waals surface area contributed by atoms with Crippen LogP contribution in [0, 0.1) is 0 Å². The molecule has 0 spiro atoms. The predicted octanol–water partition coefficient (Wildman–Crippen LogP) is 2.35. The van der Waals surface area contributed by atoms with Gasteiger partial charge in [0.2, 0.25) is 0 Å². The first-order valence-corrected chi connectivity index (χ1v) is 7.26. The van der Waals surface area contributed by atoms with Crippen LogP contribution in [0.2, 0.25) is 0 Å². The molecular formula is C14H16N4S. The average Bonchev–Trinajstić information content (AvgIpc) is 3.06. The minimum absolute atomic E-state index is 0.367. The third kappa shape index (κ3) is 2.81. The Kier molecular flexibility index (Phi) is 3.55. The molecule has 1 fully saturated rings. The second-order valence-electron chi connectivity index (χ2n) is 4.49. The van der Waals surface area contributed by atoms with Crippen molar-refractivity contribution in [3.05, 3.63) is 54.1 Å². The Bertz CT molecular complexity index is 576. The summed E-state index contributed by atoms with van der Waals surface area (Å²) < 4.78 is 2.00. The van der Waals surface area contributed by atoms with Crippen LogP contribution in [0.3, 0.4) is 0 Å². The fourth-order valence-electron chi connectivity index (χ4n) is 2.04. The summed E-state index contributed by atoms with van der Waals surface area (Å²) in [5.74, 6) is 2.02. The quantitative estimate of drug-likeness (QED) is 0.932. The lowest BCUT2D eigenvalue weighted by molar-refractivity contribution is 0.742. The number of nitrogens with one attached hydrogen (secondary N) is 1. The number of nitrogens with zero attached hydrogens (tertiary/aromatic N) is 3. The molecule has 0 bridgehead atoms. The number of benzene rings is 1. The van der Waals surface area contributed by atoms with E-state index in [9.17, 15) is 0 Å². The zero-order valence-corrected chi connectivity index (χ0v) is 11.6. The van der Waals surface area contributed by atoms with Gasteiger partial charge in [-0.05, 0) is 5.56 Å². The van der Waals surface area contributed by atoms with E-state index in [0.29, 0.717) is 12.6 Å². The van der Waals surface area contributed by atoms with Gasteiger partial charge in [-0.2, -0.15) is 0 Å². The summed E-state index contributed by atoms with van der Waals surface area (Å²) in [5, 5.41) is 4.48. The van der Waals surface area contributed by atoms with Gasteiger partial charge in [-0.3, -0.25) is 4.99 Å². The highest BCUT2D eigenvalue weighted by Crippen LogP contribution is 2.25. The minimum Gasteiger partial charge on any atom is -0.357 e. The molecule has 0 radical (unpaired) electrons. The summed E-state index contributed by atoms with van der Waals surface area (Å²) in [6, 6.07) is 10.9. The van der Waals surface area contributed by atoms with E-state index in [1.807, 2.05) is 23.9 Å². The van der Waals surface area contributed by atoms with Crippen molar-refractivity contribution < 1.29 is 0 Å². The van der Waals surface area contributed by atoms with Crippen molar-refractivity contribution in [1.82, 2.24) is 14.9 Å². The molecule has 1 aliphatic rings. The maximum absolute atomic E-state index is 4.59. The molecule has 0 saturated carbocycles. The second-order valence-corrected chi connectivity index (χ2v) is 5.50. The molecule has 1 saturated heterocycles. The highest BCUT2D eigenvalue weighted by Gasteiger charge is 2.21. The fraction of sp³-hybridized carbons (Fsp3) is 0.286. The molecule has 19 heavy (non-hydrogen) atoms. The standard InChI is InChI=1S/C14H16N4S/c1-18-8-7-15-13(18)9-16-14-17-12(10-19-14)11-5-3-2-4-6-11/h2-8,12H,9-10H2,1H3,(H,16,17). The summed E-state index contributed by atoms with van der Waals surface area (Å²) in [6.07, 6.45) is 3.75. The van der Waals surface area contributed by atoms with Gasteiger partial charge >= 0.3 is 0 Å². The first kappa shape index (κ1) is 12.3. The Morgan fingerprint density at radius 2 is 2.26 bits per heavy atom. The molecule has 4 nitrogen and oxygen atoms in total. The van der Waals surface area contributed by atoms with Crippen molar-refractivity contribution in [2.45, 2.75) is 12.6 Å². The molecule has 0 amide bonds. The van der Waals surface area contributed by atoms with E-state index in [4.69, 9.17) is 0 Å². The molecule has 1 N–H and O–H groups in total. The first-order chi connectivity index (χ1) is 9.33. The third-order valence-electron chi connectivity index (χ3n) is 3.17. The fourth-order valence-corrected chi connectivity index (χ4v) is 3.02. The van der Waals surface area contributed by atoms with Gasteiger partial charge in [0.15, 0.2) is 5.17 Å². The van der Waals surface area contributed by atoms with Gasteiger partial charge in [-0.1, -0.05) is 42.1 Å². The number of thioether (sulfide) groups is 1. The van der Waals surface area contributed by atoms with Crippen LogP contribution in [0.25, 0.3) is 0 Å². The van der Waals surface area contributed by atoms with Gasteiger partial charge in [-0.15, -0.1) is 0 Å². The summed E-state index contributed by atoms with van der Waals surface area (Å²) in [7, 11) is 1.99. The lowest BCUT2D eigenvalue weighted by Gasteiger charge is -2.09. The van der Waals surface area contributed by atoms with E-state index in [1.54, 1.807) is 18.0 Å². The van der Waals surface area contributed by atoms with Crippen molar-refractivity contribution in [1.29, 1.82) is 0 Å². The lowest BCUT2D eigenvalue weighted by Crippen LogP contribution is -2.19. The van der Waals surface area contributed by atoms with Crippen LogP contribution in [0.4, 0.5) is 0 Å². The summed E-state index contributed by atoms with van der Waals surface area (Å²) in [5.41, 5.74) is 1.32. The molecule has 1 aliphatic heterocycles. The molecule has 3 rings (SSSR count). The summed E-state index contributed by atoms with van der Waals surface area (Å²) >= 11 is 1.77. The number of imidazole rings is 1. The van der Waals surface area contributed by atoms with Crippen molar-refractivity contribution in [3.63, 3.8) is 0 Å². The van der Waals surface area contributed by atoms with Gasteiger partial charge in [-0.25, -0.2) is 4.98 Å². The molecule has 1 unspecified atom stereocenters. The average molecular weight is 272 g/mol. The van der Waals surface area contributed by atoms with Gasteiger partial charge in [0.1, 0.15) is 5.82 Å². The highest BCUT2D eigenvalue weighted by atomic mass is 32.2. The summed E-state index contributed by atoms with van der Waals surface area (Å²) in [4.78, 5) is 8.86. The van der Waals surface area contributed by atoms with Crippen LogP contribution >= 0.6 is 11.8 Å². The van der Waals surface area contributed by atoms with Crippen LogP contribution in [-0.4, -0.2) is 20.5 Å². The third-order valence-corrected chi connectivity index (χ3v) is 4.19. The van der Waals surface area contributed by atoms with Gasteiger partial charge in [0.05, 0.1) is 12.6 Å². The molecule has 5 heteroatoms. The number of rotatable bonds is 3. The number of amidine groups is 1. The van der Waals surface area contributed by atoms with Crippen molar-refractivity contribution in [2.75, 3.05) is 5.75 Å². The van der Waals surface area contributed by atoms with Crippen molar-refractivity contribution in [2.24, 2.45) is 12.0 Å². The van der Waals surface area contributed by atoms with Crippen molar-refractivity contribution in [3.8, 4) is 0 Å². The SMILES string of the molecule is Cn1ccnc1CN=C1NC(c2ccccc2)CS1. The molecule has 1 aromatic carbocycles. The number of aryl methyl sites for hydroxylation is 1. The van der Waals surface area contributed by atoms with E-state index in [0.717, 1.165) is 16.7 Å². The Morgan fingerprint density at radius 3 is 3.00 bits per heavy atom.